The molecule has 1 unspecified atom stereocenters. The lowest BCUT2D eigenvalue weighted by Crippen LogP contribution is -2.06. The molecule has 1 aromatic carbocycles. The monoisotopic (exact) mass is 271 g/mol. The van der Waals surface area contributed by atoms with Crippen molar-refractivity contribution in [3.63, 3.8) is 0 Å². The van der Waals surface area contributed by atoms with E-state index in [0.29, 0.717) is 11.3 Å². The zero-order chi connectivity index (χ0) is 14.2. The maximum atomic E-state index is 5.33. The molecule has 0 aliphatic heterocycles. The van der Waals surface area contributed by atoms with Gasteiger partial charge >= 0.3 is 0 Å². The van der Waals surface area contributed by atoms with Gasteiger partial charge in [-0.1, -0.05) is 37.2 Å². The number of nitrogens with zero attached hydrogens (tertiary/aromatic N) is 2. The number of benzene rings is 1. The van der Waals surface area contributed by atoms with Gasteiger partial charge in [-0.25, -0.2) is 0 Å². The molecular formula is C16H21N3O. The van der Waals surface area contributed by atoms with Crippen LogP contribution < -0.4 is 5.32 Å². The van der Waals surface area contributed by atoms with E-state index >= 15 is 0 Å². The van der Waals surface area contributed by atoms with E-state index < -0.39 is 0 Å². The van der Waals surface area contributed by atoms with E-state index in [-0.39, 0.29) is 0 Å². The molecule has 0 bridgehead atoms. The van der Waals surface area contributed by atoms with Gasteiger partial charge in [-0.15, -0.1) is 0 Å². The molecule has 4 heteroatoms. The Morgan fingerprint density at radius 1 is 1.35 bits per heavy atom. The molecule has 0 spiro atoms. The van der Waals surface area contributed by atoms with Crippen molar-refractivity contribution in [1.82, 2.24) is 10.1 Å². The predicted molar refractivity (Wildman–Crippen MR) is 78.8 cm³/mol. The molecule has 1 aromatic heterocycles. The number of aryl methyl sites for hydroxylation is 1. The van der Waals surface area contributed by atoms with Crippen molar-refractivity contribution < 1.29 is 4.52 Å². The first-order valence-corrected chi connectivity index (χ1v) is 7.18. The molecular weight excluding hydrogens is 250 g/mol. The topological polar surface area (TPSA) is 51.0 Å². The Bertz CT molecular complexity index is 603. The zero-order valence-corrected chi connectivity index (χ0v) is 12.3. The maximum Gasteiger partial charge on any atom is 0.228 e. The van der Waals surface area contributed by atoms with Gasteiger partial charge in [0.05, 0.1) is 0 Å². The van der Waals surface area contributed by atoms with Gasteiger partial charge in [-0.05, 0) is 30.4 Å². The van der Waals surface area contributed by atoms with Crippen molar-refractivity contribution in [2.24, 2.45) is 5.41 Å². The van der Waals surface area contributed by atoms with Crippen LogP contribution in [0, 0.1) is 12.3 Å². The quantitative estimate of drug-likeness (QED) is 0.903. The Kier molecular flexibility index (Phi) is 3.24. The van der Waals surface area contributed by atoms with Gasteiger partial charge in [0.2, 0.25) is 5.89 Å². The molecule has 1 atom stereocenters. The standard InChI is InChI=1S/C16H21N3O/c1-11-6-4-5-7-13(11)17-9-8-14-18-15(19-20-14)12-10-16(12,2)3/h4-7,12,17H,8-10H2,1-3H3. The Hall–Kier alpha value is -1.84. The molecule has 1 heterocycles. The van der Waals surface area contributed by atoms with E-state index in [1.807, 2.05) is 12.1 Å². The highest BCUT2D eigenvalue weighted by Crippen LogP contribution is 2.57. The van der Waals surface area contributed by atoms with Crippen molar-refractivity contribution in [3.8, 4) is 0 Å². The van der Waals surface area contributed by atoms with Crippen LogP contribution in [-0.4, -0.2) is 16.7 Å². The van der Waals surface area contributed by atoms with Crippen LogP contribution in [0.15, 0.2) is 28.8 Å². The summed E-state index contributed by atoms with van der Waals surface area (Å²) in [6.07, 6.45) is 1.92. The second kappa shape index (κ2) is 4.93. The SMILES string of the molecule is Cc1ccccc1NCCc1nc(C2CC2(C)C)no1. The van der Waals surface area contributed by atoms with Gasteiger partial charge in [0.1, 0.15) is 0 Å². The minimum atomic E-state index is 0.348. The molecule has 0 radical (unpaired) electrons. The van der Waals surface area contributed by atoms with Crippen LogP contribution in [0.1, 0.15) is 43.5 Å². The second-order valence-electron chi connectivity index (χ2n) is 6.28. The van der Waals surface area contributed by atoms with Crippen LogP contribution >= 0.6 is 0 Å². The van der Waals surface area contributed by atoms with Crippen molar-refractivity contribution >= 4 is 5.69 Å². The third kappa shape index (κ3) is 2.69. The smallest absolute Gasteiger partial charge is 0.228 e. The number of aromatic nitrogens is 2. The van der Waals surface area contributed by atoms with E-state index in [4.69, 9.17) is 4.52 Å². The number of anilines is 1. The van der Waals surface area contributed by atoms with Gasteiger partial charge in [0.15, 0.2) is 5.82 Å². The van der Waals surface area contributed by atoms with Crippen molar-refractivity contribution in [2.75, 3.05) is 11.9 Å². The van der Waals surface area contributed by atoms with E-state index in [9.17, 15) is 0 Å². The van der Waals surface area contributed by atoms with Gasteiger partial charge in [0.25, 0.3) is 0 Å². The molecule has 4 nitrogen and oxygen atoms in total. The summed E-state index contributed by atoms with van der Waals surface area (Å²) >= 11 is 0. The van der Waals surface area contributed by atoms with Crippen LogP contribution in [-0.2, 0) is 6.42 Å². The summed E-state index contributed by atoms with van der Waals surface area (Å²) in [6, 6.07) is 8.26. The lowest BCUT2D eigenvalue weighted by Gasteiger charge is -2.07. The average Bonchev–Trinajstić information content (AvgIpc) is 2.85. The summed E-state index contributed by atoms with van der Waals surface area (Å²) in [5.41, 5.74) is 2.76. The molecule has 1 saturated carbocycles. The van der Waals surface area contributed by atoms with E-state index in [1.165, 1.54) is 5.56 Å². The molecule has 20 heavy (non-hydrogen) atoms. The Labute approximate surface area is 119 Å². The number of para-hydroxylation sites is 1. The molecule has 1 aliphatic carbocycles. The second-order valence-corrected chi connectivity index (χ2v) is 6.28. The first-order chi connectivity index (χ1) is 9.56. The minimum Gasteiger partial charge on any atom is -0.384 e. The number of hydrogen-bond donors (Lipinski definition) is 1. The molecule has 3 rings (SSSR count). The lowest BCUT2D eigenvalue weighted by molar-refractivity contribution is 0.373. The van der Waals surface area contributed by atoms with E-state index in [2.05, 4.69) is 48.4 Å². The Morgan fingerprint density at radius 2 is 2.10 bits per heavy atom. The largest absolute Gasteiger partial charge is 0.384 e. The van der Waals surface area contributed by atoms with E-state index in [0.717, 1.165) is 36.8 Å². The van der Waals surface area contributed by atoms with Crippen LogP contribution in [0.2, 0.25) is 0 Å². The van der Waals surface area contributed by atoms with Crippen LogP contribution in [0.5, 0.6) is 0 Å². The predicted octanol–water partition coefficient (Wildman–Crippen LogP) is 3.55. The molecule has 1 aliphatic rings. The molecule has 1 fully saturated rings. The normalized spacial score (nSPS) is 19.9. The average molecular weight is 271 g/mol. The van der Waals surface area contributed by atoms with Crippen molar-refractivity contribution in [3.05, 3.63) is 41.5 Å². The minimum absolute atomic E-state index is 0.348. The summed E-state index contributed by atoms with van der Waals surface area (Å²) in [7, 11) is 0. The number of rotatable bonds is 5. The third-order valence-electron chi connectivity index (χ3n) is 4.11. The molecule has 1 N–H and O–H groups in total. The highest BCUT2D eigenvalue weighted by molar-refractivity contribution is 5.50. The zero-order valence-electron chi connectivity index (χ0n) is 12.3. The molecule has 0 amide bonds. The Morgan fingerprint density at radius 3 is 2.80 bits per heavy atom. The van der Waals surface area contributed by atoms with E-state index in [1.54, 1.807) is 0 Å². The van der Waals surface area contributed by atoms with Gasteiger partial charge in [-0.3, -0.25) is 0 Å². The summed E-state index contributed by atoms with van der Waals surface area (Å²) in [5.74, 6) is 2.08. The lowest BCUT2D eigenvalue weighted by atomic mass is 10.1. The highest BCUT2D eigenvalue weighted by atomic mass is 16.5. The first kappa shape index (κ1) is 13.2. The van der Waals surface area contributed by atoms with Gasteiger partial charge in [0, 0.05) is 24.6 Å². The summed E-state index contributed by atoms with van der Waals surface area (Å²) in [5, 5.41) is 7.51. The first-order valence-electron chi connectivity index (χ1n) is 7.18. The van der Waals surface area contributed by atoms with Crippen molar-refractivity contribution in [1.29, 1.82) is 0 Å². The van der Waals surface area contributed by atoms with Gasteiger partial charge in [-0.2, -0.15) is 4.98 Å². The summed E-state index contributed by atoms with van der Waals surface area (Å²) in [6.45, 7) is 7.39. The highest BCUT2D eigenvalue weighted by Gasteiger charge is 2.49. The third-order valence-corrected chi connectivity index (χ3v) is 4.11. The summed E-state index contributed by atoms with van der Waals surface area (Å²) in [4.78, 5) is 4.50. The fourth-order valence-corrected chi connectivity index (χ4v) is 2.49. The van der Waals surface area contributed by atoms with Gasteiger partial charge < -0.3 is 9.84 Å². The van der Waals surface area contributed by atoms with Crippen molar-refractivity contribution in [2.45, 2.75) is 39.5 Å². The van der Waals surface area contributed by atoms with Crippen LogP contribution in [0.3, 0.4) is 0 Å². The van der Waals surface area contributed by atoms with Crippen LogP contribution in [0.4, 0.5) is 5.69 Å². The van der Waals surface area contributed by atoms with Crippen LogP contribution in [0.25, 0.3) is 0 Å². The summed E-state index contributed by atoms with van der Waals surface area (Å²) < 4.78 is 5.33. The number of nitrogens with one attached hydrogen (secondary N) is 1. The Balaban J connectivity index is 1.53. The molecule has 2 aromatic rings. The number of hydrogen-bond acceptors (Lipinski definition) is 4. The molecule has 0 saturated heterocycles. The fraction of sp³-hybridized carbons (Fsp3) is 0.500. The molecule has 106 valence electrons. The maximum absolute atomic E-state index is 5.33. The fourth-order valence-electron chi connectivity index (χ4n) is 2.49.